The van der Waals surface area contributed by atoms with E-state index in [9.17, 15) is 4.79 Å². The fourth-order valence-corrected chi connectivity index (χ4v) is 3.36. The van der Waals surface area contributed by atoms with Crippen LogP contribution < -0.4 is 0 Å². The molecule has 0 spiro atoms. The van der Waals surface area contributed by atoms with Gasteiger partial charge in [-0.2, -0.15) is 0 Å². The van der Waals surface area contributed by atoms with Crippen molar-refractivity contribution in [2.24, 2.45) is 0 Å². The van der Waals surface area contributed by atoms with Crippen LogP contribution in [0.2, 0.25) is 0 Å². The molecule has 1 aliphatic heterocycles. The number of carbonyl (C=O) groups is 1. The fourth-order valence-electron chi connectivity index (χ4n) is 2.57. The molecule has 0 unspecified atom stereocenters. The number of rotatable bonds is 3. The first-order valence-corrected chi connectivity index (χ1v) is 8.18. The van der Waals surface area contributed by atoms with Crippen LogP contribution in [0, 0.1) is 0 Å². The van der Waals surface area contributed by atoms with Crippen LogP contribution in [-0.2, 0) is 16.0 Å². The van der Waals surface area contributed by atoms with E-state index in [1.165, 1.54) is 11.3 Å². The van der Waals surface area contributed by atoms with Gasteiger partial charge in [0.1, 0.15) is 5.01 Å². The molecule has 0 aliphatic carbocycles. The molecule has 22 heavy (non-hydrogen) atoms. The van der Waals surface area contributed by atoms with Gasteiger partial charge >= 0.3 is 0 Å². The fraction of sp³-hybridized carbons (Fsp3) is 0.438. The van der Waals surface area contributed by atoms with Crippen LogP contribution in [0.4, 0.5) is 0 Å². The molecule has 2 aromatic rings. The summed E-state index contributed by atoms with van der Waals surface area (Å²) in [5.41, 5.74) is 1.39. The largest absolute Gasteiger partial charge is 0.377 e. The third-order valence-electron chi connectivity index (χ3n) is 3.71. The second-order valence-electron chi connectivity index (χ2n) is 5.95. The molecular weight excluding hydrogens is 298 g/mol. The van der Waals surface area contributed by atoms with Crippen LogP contribution in [0.3, 0.4) is 0 Å². The zero-order valence-electron chi connectivity index (χ0n) is 12.8. The molecule has 1 saturated heterocycles. The topological polar surface area (TPSA) is 55.3 Å². The summed E-state index contributed by atoms with van der Waals surface area (Å²) >= 11 is 1.52. The van der Waals surface area contributed by atoms with Crippen LogP contribution in [0.1, 0.15) is 19.5 Å². The van der Waals surface area contributed by atoms with E-state index in [4.69, 9.17) is 4.74 Å². The van der Waals surface area contributed by atoms with Gasteiger partial charge in [-0.15, -0.1) is 11.3 Å². The van der Waals surface area contributed by atoms with Gasteiger partial charge in [0.2, 0.25) is 5.91 Å². The highest BCUT2D eigenvalue weighted by atomic mass is 32.1. The molecule has 0 bridgehead atoms. The van der Waals surface area contributed by atoms with E-state index < -0.39 is 0 Å². The molecule has 2 aromatic heterocycles. The van der Waals surface area contributed by atoms with E-state index in [1.807, 2.05) is 42.3 Å². The van der Waals surface area contributed by atoms with Crippen LogP contribution in [0.15, 0.2) is 29.8 Å². The zero-order chi connectivity index (χ0) is 15.6. The van der Waals surface area contributed by atoms with Crippen molar-refractivity contribution in [2.45, 2.75) is 25.8 Å². The van der Waals surface area contributed by atoms with Gasteiger partial charge in [-0.3, -0.25) is 9.78 Å². The third kappa shape index (κ3) is 3.18. The highest BCUT2D eigenvalue weighted by Crippen LogP contribution is 2.24. The normalized spacial score (nSPS) is 17.5. The average Bonchev–Trinajstić information content (AvgIpc) is 2.96. The lowest BCUT2D eigenvalue weighted by Crippen LogP contribution is -2.55. The lowest BCUT2D eigenvalue weighted by atomic mass is 10.0. The number of thiazole rings is 1. The van der Waals surface area contributed by atoms with Crippen molar-refractivity contribution in [3.63, 3.8) is 0 Å². The maximum Gasteiger partial charge on any atom is 0.229 e. The zero-order valence-corrected chi connectivity index (χ0v) is 13.6. The maximum absolute atomic E-state index is 12.5. The average molecular weight is 317 g/mol. The standard InChI is InChI=1S/C16H19N3O2S/c1-16(2)11-21-8-7-19(16)14(20)9-12-10-22-15(18-12)13-5-3-4-6-17-13/h3-6,10H,7-9,11H2,1-2H3. The molecule has 1 aliphatic rings. The Morgan fingerprint density at radius 2 is 2.32 bits per heavy atom. The van der Waals surface area contributed by atoms with Crippen molar-refractivity contribution in [2.75, 3.05) is 19.8 Å². The Labute approximate surface area is 134 Å². The van der Waals surface area contributed by atoms with Gasteiger partial charge in [0.25, 0.3) is 0 Å². The number of amides is 1. The summed E-state index contributed by atoms with van der Waals surface area (Å²) in [6, 6.07) is 5.74. The van der Waals surface area contributed by atoms with Gasteiger partial charge in [-0.05, 0) is 26.0 Å². The van der Waals surface area contributed by atoms with Gasteiger partial charge in [-0.1, -0.05) is 6.07 Å². The number of nitrogens with zero attached hydrogens (tertiary/aromatic N) is 3. The molecule has 0 atom stereocenters. The molecule has 3 rings (SSSR count). The molecule has 0 aromatic carbocycles. The first kappa shape index (κ1) is 15.1. The second-order valence-corrected chi connectivity index (χ2v) is 6.80. The first-order chi connectivity index (χ1) is 10.6. The lowest BCUT2D eigenvalue weighted by Gasteiger charge is -2.42. The summed E-state index contributed by atoms with van der Waals surface area (Å²) in [6.45, 7) is 5.89. The maximum atomic E-state index is 12.5. The Hall–Kier alpha value is -1.79. The number of pyridine rings is 1. The molecule has 1 amide bonds. The summed E-state index contributed by atoms with van der Waals surface area (Å²) < 4.78 is 5.46. The predicted molar refractivity (Wildman–Crippen MR) is 85.7 cm³/mol. The highest BCUT2D eigenvalue weighted by Gasteiger charge is 2.34. The van der Waals surface area contributed by atoms with Crippen molar-refractivity contribution in [3.8, 4) is 10.7 Å². The summed E-state index contributed by atoms with van der Waals surface area (Å²) in [5.74, 6) is 0.103. The Balaban J connectivity index is 1.71. The molecule has 116 valence electrons. The molecule has 1 fully saturated rings. The lowest BCUT2D eigenvalue weighted by molar-refractivity contribution is -0.145. The number of ether oxygens (including phenoxy) is 1. The van der Waals surface area contributed by atoms with E-state index in [0.717, 1.165) is 16.4 Å². The van der Waals surface area contributed by atoms with Crippen molar-refractivity contribution < 1.29 is 9.53 Å². The molecule has 0 radical (unpaired) electrons. The number of morpholine rings is 1. The summed E-state index contributed by atoms with van der Waals surface area (Å²) in [4.78, 5) is 23.3. The number of aromatic nitrogens is 2. The number of hydrogen-bond donors (Lipinski definition) is 0. The van der Waals surface area contributed by atoms with E-state index in [1.54, 1.807) is 6.20 Å². The smallest absolute Gasteiger partial charge is 0.229 e. The first-order valence-electron chi connectivity index (χ1n) is 7.30. The summed E-state index contributed by atoms with van der Waals surface area (Å²) in [7, 11) is 0. The molecule has 5 nitrogen and oxygen atoms in total. The van der Waals surface area contributed by atoms with E-state index in [-0.39, 0.29) is 11.4 Å². The Bertz CT molecular complexity index is 654. The van der Waals surface area contributed by atoms with Crippen LogP contribution in [0.25, 0.3) is 10.7 Å². The Morgan fingerprint density at radius 3 is 3.05 bits per heavy atom. The van der Waals surface area contributed by atoms with E-state index in [2.05, 4.69) is 9.97 Å². The van der Waals surface area contributed by atoms with Crippen molar-refractivity contribution in [1.29, 1.82) is 0 Å². The summed E-state index contributed by atoms with van der Waals surface area (Å²) in [6.07, 6.45) is 2.07. The summed E-state index contributed by atoms with van der Waals surface area (Å²) in [5, 5.41) is 2.79. The van der Waals surface area contributed by atoms with Gasteiger partial charge in [-0.25, -0.2) is 4.98 Å². The molecular formula is C16H19N3O2S. The molecule has 0 N–H and O–H groups in total. The monoisotopic (exact) mass is 317 g/mol. The predicted octanol–water partition coefficient (Wildman–Crippen LogP) is 2.38. The van der Waals surface area contributed by atoms with E-state index in [0.29, 0.717) is 26.2 Å². The third-order valence-corrected chi connectivity index (χ3v) is 4.63. The van der Waals surface area contributed by atoms with Gasteiger partial charge in [0.15, 0.2) is 0 Å². The molecule has 6 heteroatoms. The van der Waals surface area contributed by atoms with Crippen LogP contribution in [-0.4, -0.2) is 46.1 Å². The van der Waals surface area contributed by atoms with Crippen molar-refractivity contribution >= 4 is 17.2 Å². The highest BCUT2D eigenvalue weighted by molar-refractivity contribution is 7.13. The van der Waals surface area contributed by atoms with Crippen LogP contribution in [0.5, 0.6) is 0 Å². The number of hydrogen-bond acceptors (Lipinski definition) is 5. The van der Waals surface area contributed by atoms with E-state index >= 15 is 0 Å². The van der Waals surface area contributed by atoms with Crippen molar-refractivity contribution in [3.05, 3.63) is 35.5 Å². The minimum Gasteiger partial charge on any atom is -0.377 e. The minimum absolute atomic E-state index is 0.103. The quantitative estimate of drug-likeness (QED) is 0.872. The Kier molecular flexibility index (Phi) is 4.22. The SMILES string of the molecule is CC1(C)COCCN1C(=O)Cc1csc(-c2ccccn2)n1. The van der Waals surface area contributed by atoms with Crippen molar-refractivity contribution in [1.82, 2.24) is 14.9 Å². The Morgan fingerprint density at radius 1 is 1.45 bits per heavy atom. The number of carbonyl (C=O) groups excluding carboxylic acids is 1. The van der Waals surface area contributed by atoms with Gasteiger partial charge < -0.3 is 9.64 Å². The second kappa shape index (κ2) is 6.14. The molecule has 3 heterocycles. The van der Waals surface area contributed by atoms with Gasteiger partial charge in [0, 0.05) is 18.1 Å². The minimum atomic E-state index is -0.255. The van der Waals surface area contributed by atoms with Crippen LogP contribution >= 0.6 is 11.3 Å². The van der Waals surface area contributed by atoms with Gasteiger partial charge in [0.05, 0.1) is 36.6 Å². The molecule has 0 saturated carbocycles.